The van der Waals surface area contributed by atoms with Gasteiger partial charge in [0.15, 0.2) is 0 Å². The predicted octanol–water partition coefficient (Wildman–Crippen LogP) is 3.07. The molecule has 1 heterocycles. The van der Waals surface area contributed by atoms with Crippen molar-refractivity contribution >= 4 is 11.6 Å². The number of methoxy groups -OCH3 is 1. The van der Waals surface area contributed by atoms with Crippen LogP contribution in [-0.2, 0) is 11.3 Å². The molecule has 0 aliphatic carbocycles. The van der Waals surface area contributed by atoms with E-state index in [0.717, 1.165) is 38.3 Å². The minimum absolute atomic E-state index is 0.208. The molecule has 1 aliphatic rings. The average Bonchev–Trinajstić information content (AvgIpc) is 2.49. The lowest BCUT2D eigenvalue weighted by Gasteiger charge is -2.36. The third-order valence-electron chi connectivity index (χ3n) is 3.98. The van der Waals surface area contributed by atoms with Crippen LogP contribution in [0, 0.1) is 5.82 Å². The highest BCUT2D eigenvalue weighted by Gasteiger charge is 2.22. The molecule has 0 saturated carbocycles. The van der Waals surface area contributed by atoms with Crippen LogP contribution < -0.4 is 5.32 Å². The van der Waals surface area contributed by atoms with E-state index in [1.165, 1.54) is 25.3 Å². The lowest BCUT2D eigenvalue weighted by molar-refractivity contribution is 0.133. The molecular weight excluding hydrogens is 291 g/mol. The number of likely N-dealkylation sites (tertiary alicyclic amines) is 1. The van der Waals surface area contributed by atoms with Gasteiger partial charge in [-0.2, -0.15) is 0 Å². The molecule has 21 heavy (non-hydrogen) atoms. The number of hydrogen-bond acceptors (Lipinski definition) is 3. The molecule has 1 aromatic rings. The van der Waals surface area contributed by atoms with Crippen molar-refractivity contribution in [1.29, 1.82) is 0 Å². The standard InChI is InChI=1S/C16H24ClFN2O/c1-21-9-7-19-11-14-4-2-3-8-20(14)12-13-5-6-16(18)15(17)10-13/h5-6,10,14,19H,2-4,7-9,11-12H2,1H3. The molecule has 1 aromatic carbocycles. The Balaban J connectivity index is 1.90. The maximum absolute atomic E-state index is 13.2. The molecule has 1 aliphatic heterocycles. The van der Waals surface area contributed by atoms with Crippen molar-refractivity contribution < 1.29 is 9.13 Å². The van der Waals surface area contributed by atoms with E-state index in [1.807, 2.05) is 6.07 Å². The van der Waals surface area contributed by atoms with Gasteiger partial charge in [-0.25, -0.2) is 4.39 Å². The number of piperidine rings is 1. The van der Waals surface area contributed by atoms with E-state index in [0.29, 0.717) is 6.04 Å². The Labute approximate surface area is 131 Å². The minimum Gasteiger partial charge on any atom is -0.383 e. The fraction of sp³-hybridized carbons (Fsp3) is 0.625. The van der Waals surface area contributed by atoms with Gasteiger partial charge in [0.2, 0.25) is 0 Å². The number of nitrogens with one attached hydrogen (secondary N) is 1. The van der Waals surface area contributed by atoms with E-state index in [2.05, 4.69) is 10.2 Å². The van der Waals surface area contributed by atoms with Gasteiger partial charge in [-0.15, -0.1) is 0 Å². The number of ether oxygens (including phenoxy) is 1. The minimum atomic E-state index is -0.350. The first kappa shape index (κ1) is 16.7. The van der Waals surface area contributed by atoms with Crippen LogP contribution in [-0.4, -0.2) is 44.3 Å². The molecule has 1 unspecified atom stereocenters. The van der Waals surface area contributed by atoms with Crippen molar-refractivity contribution in [2.45, 2.75) is 31.8 Å². The average molecular weight is 315 g/mol. The van der Waals surface area contributed by atoms with Crippen LogP contribution in [0.4, 0.5) is 4.39 Å². The summed E-state index contributed by atoms with van der Waals surface area (Å²) < 4.78 is 18.3. The summed E-state index contributed by atoms with van der Waals surface area (Å²) in [5.41, 5.74) is 1.07. The molecule has 0 spiro atoms. The quantitative estimate of drug-likeness (QED) is 0.783. The van der Waals surface area contributed by atoms with Gasteiger partial charge in [-0.05, 0) is 37.1 Å². The maximum Gasteiger partial charge on any atom is 0.141 e. The van der Waals surface area contributed by atoms with Crippen LogP contribution in [0.5, 0.6) is 0 Å². The van der Waals surface area contributed by atoms with Gasteiger partial charge < -0.3 is 10.1 Å². The van der Waals surface area contributed by atoms with Crippen LogP contribution in [0.15, 0.2) is 18.2 Å². The first-order valence-electron chi connectivity index (χ1n) is 7.58. The molecule has 0 bridgehead atoms. The molecular formula is C16H24ClFN2O. The summed E-state index contributed by atoms with van der Waals surface area (Å²) in [6.07, 6.45) is 3.70. The molecule has 1 atom stereocenters. The second-order valence-corrected chi connectivity index (χ2v) is 5.97. The maximum atomic E-state index is 13.2. The SMILES string of the molecule is COCCNCC1CCCCN1Cc1ccc(F)c(Cl)c1. The summed E-state index contributed by atoms with van der Waals surface area (Å²) in [5.74, 6) is -0.350. The van der Waals surface area contributed by atoms with Crippen molar-refractivity contribution in [2.24, 2.45) is 0 Å². The third-order valence-corrected chi connectivity index (χ3v) is 4.27. The van der Waals surface area contributed by atoms with Crippen LogP contribution in [0.1, 0.15) is 24.8 Å². The van der Waals surface area contributed by atoms with E-state index in [9.17, 15) is 4.39 Å². The summed E-state index contributed by atoms with van der Waals surface area (Å²) in [5, 5.41) is 3.65. The first-order valence-corrected chi connectivity index (χ1v) is 7.96. The van der Waals surface area contributed by atoms with E-state index in [-0.39, 0.29) is 10.8 Å². The van der Waals surface area contributed by atoms with Gasteiger partial charge in [0.05, 0.1) is 11.6 Å². The van der Waals surface area contributed by atoms with Crippen molar-refractivity contribution in [1.82, 2.24) is 10.2 Å². The van der Waals surface area contributed by atoms with Gasteiger partial charge in [0, 0.05) is 32.8 Å². The molecule has 3 nitrogen and oxygen atoms in total. The zero-order chi connectivity index (χ0) is 15.1. The Morgan fingerprint density at radius 3 is 3.05 bits per heavy atom. The third kappa shape index (κ3) is 5.22. The van der Waals surface area contributed by atoms with E-state index < -0.39 is 0 Å². The normalized spacial score (nSPS) is 19.9. The van der Waals surface area contributed by atoms with Crippen molar-refractivity contribution in [3.05, 3.63) is 34.6 Å². The topological polar surface area (TPSA) is 24.5 Å². The zero-order valence-corrected chi connectivity index (χ0v) is 13.3. The highest BCUT2D eigenvalue weighted by Crippen LogP contribution is 2.22. The van der Waals surface area contributed by atoms with Crippen molar-refractivity contribution in [2.75, 3.05) is 33.4 Å². The molecule has 5 heteroatoms. The molecule has 0 radical (unpaired) electrons. The predicted molar refractivity (Wildman–Crippen MR) is 84.2 cm³/mol. The summed E-state index contributed by atoms with van der Waals surface area (Å²) in [7, 11) is 1.72. The van der Waals surface area contributed by atoms with Crippen LogP contribution in [0.3, 0.4) is 0 Å². The van der Waals surface area contributed by atoms with Gasteiger partial charge >= 0.3 is 0 Å². The largest absolute Gasteiger partial charge is 0.383 e. The molecule has 2 rings (SSSR count). The molecule has 1 N–H and O–H groups in total. The number of rotatable bonds is 7. The lowest BCUT2D eigenvalue weighted by Crippen LogP contribution is -2.45. The fourth-order valence-electron chi connectivity index (χ4n) is 2.81. The van der Waals surface area contributed by atoms with Gasteiger partial charge in [-0.1, -0.05) is 24.1 Å². The Morgan fingerprint density at radius 2 is 2.29 bits per heavy atom. The molecule has 118 valence electrons. The first-order chi connectivity index (χ1) is 10.2. The van der Waals surface area contributed by atoms with E-state index in [1.54, 1.807) is 13.2 Å². The van der Waals surface area contributed by atoms with Gasteiger partial charge in [0.25, 0.3) is 0 Å². The fourth-order valence-corrected chi connectivity index (χ4v) is 3.02. The molecule has 0 amide bonds. The summed E-state index contributed by atoms with van der Waals surface area (Å²) in [6, 6.07) is 5.54. The molecule has 1 saturated heterocycles. The Hall–Kier alpha value is -0.680. The van der Waals surface area contributed by atoms with Crippen LogP contribution >= 0.6 is 11.6 Å². The summed E-state index contributed by atoms with van der Waals surface area (Å²) in [4.78, 5) is 2.47. The van der Waals surface area contributed by atoms with Gasteiger partial charge in [-0.3, -0.25) is 4.90 Å². The van der Waals surface area contributed by atoms with Gasteiger partial charge in [0.1, 0.15) is 5.82 Å². The number of halogens is 2. The monoisotopic (exact) mass is 314 g/mol. The second-order valence-electron chi connectivity index (χ2n) is 5.57. The highest BCUT2D eigenvalue weighted by molar-refractivity contribution is 6.30. The number of hydrogen-bond donors (Lipinski definition) is 1. The van der Waals surface area contributed by atoms with E-state index >= 15 is 0 Å². The summed E-state index contributed by atoms with van der Waals surface area (Å²) >= 11 is 5.87. The summed E-state index contributed by atoms with van der Waals surface area (Å²) in [6.45, 7) is 4.50. The lowest BCUT2D eigenvalue weighted by atomic mass is 10.0. The Morgan fingerprint density at radius 1 is 1.43 bits per heavy atom. The van der Waals surface area contributed by atoms with Crippen molar-refractivity contribution in [3.8, 4) is 0 Å². The molecule has 0 aromatic heterocycles. The number of benzene rings is 1. The smallest absolute Gasteiger partial charge is 0.141 e. The zero-order valence-electron chi connectivity index (χ0n) is 12.6. The van der Waals surface area contributed by atoms with Crippen molar-refractivity contribution in [3.63, 3.8) is 0 Å². The highest BCUT2D eigenvalue weighted by atomic mass is 35.5. The van der Waals surface area contributed by atoms with Crippen LogP contribution in [0.2, 0.25) is 5.02 Å². The Bertz CT molecular complexity index is 444. The second kappa shape index (κ2) is 8.69. The molecule has 1 fully saturated rings. The Kier molecular flexibility index (Phi) is 6.90. The van der Waals surface area contributed by atoms with Crippen LogP contribution in [0.25, 0.3) is 0 Å². The van der Waals surface area contributed by atoms with E-state index in [4.69, 9.17) is 16.3 Å². The number of nitrogens with zero attached hydrogens (tertiary/aromatic N) is 1.